The summed E-state index contributed by atoms with van der Waals surface area (Å²) in [6, 6.07) is 6.68. The van der Waals surface area contributed by atoms with E-state index in [1.54, 1.807) is 18.3 Å². The highest BCUT2D eigenvalue weighted by Crippen LogP contribution is 2.21. The van der Waals surface area contributed by atoms with Crippen molar-refractivity contribution in [3.05, 3.63) is 47.5 Å². The second-order valence-electron chi connectivity index (χ2n) is 5.34. The lowest BCUT2D eigenvalue weighted by molar-refractivity contribution is 0.297. The summed E-state index contributed by atoms with van der Waals surface area (Å²) in [5, 5.41) is 16.4. The summed E-state index contributed by atoms with van der Waals surface area (Å²) in [6.45, 7) is 6.11. The quantitative estimate of drug-likeness (QED) is 0.933. The van der Waals surface area contributed by atoms with Gasteiger partial charge in [-0.2, -0.15) is 10.4 Å². The van der Waals surface area contributed by atoms with Gasteiger partial charge in [-0.25, -0.2) is 4.39 Å². The van der Waals surface area contributed by atoms with Crippen molar-refractivity contribution in [2.24, 2.45) is 0 Å². The summed E-state index contributed by atoms with van der Waals surface area (Å²) < 4.78 is 21.3. The van der Waals surface area contributed by atoms with Gasteiger partial charge in [0, 0.05) is 5.56 Å². The molecule has 0 radical (unpaired) electrons. The van der Waals surface area contributed by atoms with Gasteiger partial charge in [-0.1, -0.05) is 19.9 Å². The molecule has 3 rings (SSSR count). The number of rotatable bonds is 4. The number of nitrogens with zero attached hydrogens (tertiary/aromatic N) is 3. The van der Waals surface area contributed by atoms with Gasteiger partial charge in [-0.15, -0.1) is 0 Å². The predicted octanol–water partition coefficient (Wildman–Crippen LogP) is 3.42. The number of ether oxygens (including phenoxy) is 1. The van der Waals surface area contributed by atoms with E-state index >= 15 is 0 Å². The van der Waals surface area contributed by atoms with E-state index in [1.165, 1.54) is 6.07 Å². The highest BCUT2D eigenvalue weighted by molar-refractivity contribution is 5.32. The van der Waals surface area contributed by atoms with Crippen LogP contribution < -0.4 is 10.1 Å². The minimum Gasteiger partial charge on any atom is -0.486 e. The van der Waals surface area contributed by atoms with Crippen LogP contribution in [-0.4, -0.2) is 22.9 Å². The molecule has 1 aromatic carbocycles. The minimum absolute atomic E-state index is 0.120. The Kier molecular flexibility index (Phi) is 6.76. The standard InChI is InChI=1S/C16H17FN4O.C2H6/c17-16-7-12(8-18)1-2-13(16)11-22-15-9-20-21(10-15)14-3-5-19-6-4-14;1-2/h1-2,7,9-10,14,19H,3-6,11H2;1-2H3. The van der Waals surface area contributed by atoms with Crippen LogP contribution in [0.1, 0.15) is 43.9 Å². The van der Waals surface area contributed by atoms with E-state index in [0.717, 1.165) is 25.9 Å². The minimum atomic E-state index is -0.426. The zero-order valence-electron chi connectivity index (χ0n) is 14.1. The monoisotopic (exact) mass is 330 g/mol. The van der Waals surface area contributed by atoms with Crippen LogP contribution in [0.2, 0.25) is 0 Å². The Morgan fingerprint density at radius 3 is 2.79 bits per heavy atom. The van der Waals surface area contributed by atoms with Crippen molar-refractivity contribution in [3.63, 3.8) is 0 Å². The molecule has 0 spiro atoms. The first kappa shape index (κ1) is 18.0. The van der Waals surface area contributed by atoms with Crippen molar-refractivity contribution in [2.45, 2.75) is 39.3 Å². The first-order valence-corrected chi connectivity index (χ1v) is 8.32. The smallest absolute Gasteiger partial charge is 0.157 e. The summed E-state index contributed by atoms with van der Waals surface area (Å²) in [5.41, 5.74) is 0.730. The van der Waals surface area contributed by atoms with Gasteiger partial charge < -0.3 is 10.1 Å². The number of nitrogens with one attached hydrogen (secondary N) is 1. The van der Waals surface area contributed by atoms with Crippen LogP contribution in [-0.2, 0) is 6.61 Å². The number of piperidine rings is 1. The Labute approximate surface area is 142 Å². The first-order chi connectivity index (χ1) is 11.8. The molecule has 1 aliphatic rings. The maximum atomic E-state index is 13.8. The summed E-state index contributed by atoms with van der Waals surface area (Å²) in [6.07, 6.45) is 5.61. The fourth-order valence-electron chi connectivity index (χ4n) is 2.56. The molecular weight excluding hydrogens is 307 g/mol. The van der Waals surface area contributed by atoms with Crippen molar-refractivity contribution >= 4 is 0 Å². The maximum absolute atomic E-state index is 13.8. The number of halogens is 1. The molecule has 2 heterocycles. The summed E-state index contributed by atoms with van der Waals surface area (Å²) >= 11 is 0. The van der Waals surface area contributed by atoms with Crippen LogP contribution in [0.4, 0.5) is 4.39 Å². The highest BCUT2D eigenvalue weighted by atomic mass is 19.1. The fourth-order valence-corrected chi connectivity index (χ4v) is 2.56. The van der Waals surface area contributed by atoms with E-state index in [0.29, 0.717) is 22.9 Å². The van der Waals surface area contributed by atoms with Crippen molar-refractivity contribution in [2.75, 3.05) is 13.1 Å². The van der Waals surface area contributed by atoms with Gasteiger partial charge in [0.05, 0.1) is 30.1 Å². The first-order valence-electron chi connectivity index (χ1n) is 8.32. The van der Waals surface area contributed by atoms with Gasteiger partial charge >= 0.3 is 0 Å². The van der Waals surface area contributed by atoms with E-state index < -0.39 is 5.82 Å². The lowest BCUT2D eigenvalue weighted by Gasteiger charge is -2.22. The third-order valence-electron chi connectivity index (χ3n) is 3.84. The molecule has 1 aromatic heterocycles. The second-order valence-corrected chi connectivity index (χ2v) is 5.34. The van der Waals surface area contributed by atoms with Crippen molar-refractivity contribution in [1.82, 2.24) is 15.1 Å². The molecular formula is C18H23FN4O. The summed E-state index contributed by atoms with van der Waals surface area (Å²) in [7, 11) is 0. The normalized spacial score (nSPS) is 14.4. The average Bonchev–Trinajstić information content (AvgIpc) is 3.12. The zero-order chi connectivity index (χ0) is 17.4. The van der Waals surface area contributed by atoms with E-state index in [4.69, 9.17) is 10.00 Å². The molecule has 0 bridgehead atoms. The molecule has 1 fully saturated rings. The Morgan fingerprint density at radius 2 is 2.12 bits per heavy atom. The van der Waals surface area contributed by atoms with Gasteiger partial charge in [0.25, 0.3) is 0 Å². The lowest BCUT2D eigenvalue weighted by atomic mass is 10.1. The molecule has 5 nitrogen and oxygen atoms in total. The van der Waals surface area contributed by atoms with Gasteiger partial charge in [0.15, 0.2) is 5.75 Å². The van der Waals surface area contributed by atoms with Crippen LogP contribution in [0.25, 0.3) is 0 Å². The van der Waals surface area contributed by atoms with Crippen molar-refractivity contribution in [1.29, 1.82) is 5.26 Å². The number of aromatic nitrogens is 2. The van der Waals surface area contributed by atoms with Gasteiger partial charge in [-0.3, -0.25) is 4.68 Å². The molecule has 0 atom stereocenters. The van der Waals surface area contributed by atoms with E-state index in [-0.39, 0.29) is 6.61 Å². The maximum Gasteiger partial charge on any atom is 0.157 e. The fraction of sp³-hybridized carbons (Fsp3) is 0.444. The Balaban J connectivity index is 0.00000100. The third-order valence-corrected chi connectivity index (χ3v) is 3.84. The lowest BCUT2D eigenvalue weighted by Crippen LogP contribution is -2.29. The molecule has 1 aliphatic heterocycles. The van der Waals surface area contributed by atoms with Gasteiger partial charge in [0.1, 0.15) is 12.4 Å². The van der Waals surface area contributed by atoms with Crippen LogP contribution >= 0.6 is 0 Å². The highest BCUT2D eigenvalue weighted by Gasteiger charge is 2.16. The van der Waals surface area contributed by atoms with E-state index in [9.17, 15) is 4.39 Å². The molecule has 6 heteroatoms. The van der Waals surface area contributed by atoms with Crippen molar-refractivity contribution in [3.8, 4) is 11.8 Å². The molecule has 128 valence electrons. The van der Waals surface area contributed by atoms with Gasteiger partial charge in [-0.05, 0) is 38.1 Å². The van der Waals surface area contributed by atoms with Crippen LogP contribution in [0, 0.1) is 17.1 Å². The Hall–Kier alpha value is -2.39. The topological polar surface area (TPSA) is 62.9 Å². The zero-order valence-corrected chi connectivity index (χ0v) is 14.1. The molecule has 2 aromatic rings. The largest absolute Gasteiger partial charge is 0.486 e. The molecule has 0 aliphatic carbocycles. The number of hydrogen-bond donors (Lipinski definition) is 1. The molecule has 1 N–H and O–H groups in total. The van der Waals surface area contributed by atoms with Crippen LogP contribution in [0.5, 0.6) is 5.75 Å². The number of benzene rings is 1. The van der Waals surface area contributed by atoms with E-state index in [2.05, 4.69) is 10.4 Å². The Morgan fingerprint density at radius 1 is 1.38 bits per heavy atom. The van der Waals surface area contributed by atoms with Crippen LogP contribution in [0.3, 0.4) is 0 Å². The molecule has 1 saturated heterocycles. The average molecular weight is 330 g/mol. The van der Waals surface area contributed by atoms with Crippen LogP contribution in [0.15, 0.2) is 30.6 Å². The summed E-state index contributed by atoms with van der Waals surface area (Å²) in [5.74, 6) is 0.201. The molecule has 0 unspecified atom stereocenters. The number of hydrogen-bond acceptors (Lipinski definition) is 4. The Bertz CT molecular complexity index is 687. The molecule has 24 heavy (non-hydrogen) atoms. The van der Waals surface area contributed by atoms with E-state index in [1.807, 2.05) is 30.8 Å². The molecule has 0 amide bonds. The third kappa shape index (κ3) is 4.56. The predicted molar refractivity (Wildman–Crippen MR) is 90.2 cm³/mol. The van der Waals surface area contributed by atoms with Crippen molar-refractivity contribution < 1.29 is 9.13 Å². The SMILES string of the molecule is CC.N#Cc1ccc(COc2cnn(C3CCNCC3)c2)c(F)c1. The number of nitriles is 1. The van der Waals surface area contributed by atoms with Gasteiger partial charge in [0.2, 0.25) is 0 Å². The summed E-state index contributed by atoms with van der Waals surface area (Å²) in [4.78, 5) is 0. The molecule has 0 saturated carbocycles. The second kappa shape index (κ2) is 9.04.